The van der Waals surface area contributed by atoms with E-state index >= 15 is 0 Å². The number of nitrogen functional groups attached to an aromatic ring is 1. The third kappa shape index (κ3) is 2.89. The van der Waals surface area contributed by atoms with Crippen LogP contribution in [0.25, 0.3) is 0 Å². The topological polar surface area (TPSA) is 58.3 Å². The first-order valence-corrected chi connectivity index (χ1v) is 6.99. The normalized spacial score (nSPS) is 15.3. The Hall–Kier alpha value is -2.37. The summed E-state index contributed by atoms with van der Waals surface area (Å²) in [6, 6.07) is 8.62. The molecule has 5 nitrogen and oxygen atoms in total. The van der Waals surface area contributed by atoms with E-state index in [0.29, 0.717) is 17.5 Å². The van der Waals surface area contributed by atoms with Gasteiger partial charge in [0.2, 0.25) is 5.95 Å². The van der Waals surface area contributed by atoms with Crippen LogP contribution in [0.2, 0.25) is 0 Å². The third-order valence-corrected chi connectivity index (χ3v) is 3.62. The Kier molecular flexibility index (Phi) is 3.60. The second-order valence-corrected chi connectivity index (χ2v) is 5.16. The van der Waals surface area contributed by atoms with Gasteiger partial charge in [0.15, 0.2) is 0 Å². The van der Waals surface area contributed by atoms with Crippen molar-refractivity contribution >= 4 is 17.5 Å². The van der Waals surface area contributed by atoms with Crippen molar-refractivity contribution in [1.82, 2.24) is 9.97 Å². The summed E-state index contributed by atoms with van der Waals surface area (Å²) in [7, 11) is 0. The van der Waals surface area contributed by atoms with E-state index in [2.05, 4.69) is 14.9 Å². The van der Waals surface area contributed by atoms with Crippen LogP contribution in [-0.2, 0) is 0 Å². The van der Waals surface area contributed by atoms with E-state index in [1.807, 2.05) is 24.0 Å². The van der Waals surface area contributed by atoms with Crippen LogP contribution in [0.5, 0.6) is 0 Å². The van der Waals surface area contributed by atoms with Crippen LogP contribution in [0.4, 0.5) is 21.8 Å². The molecule has 6 heteroatoms. The first-order valence-electron chi connectivity index (χ1n) is 6.99. The van der Waals surface area contributed by atoms with Crippen LogP contribution in [0.15, 0.2) is 30.3 Å². The van der Waals surface area contributed by atoms with Gasteiger partial charge in [0, 0.05) is 37.9 Å². The standard InChI is InChI=1S/C15H18FN5/c1-11-10-14(17)19-15(18-11)21-8-6-20(7-9-21)13-5-3-2-4-12(13)16/h2-5,10H,6-9H2,1H3,(H2,17,18,19). The number of rotatable bonds is 2. The molecule has 1 aromatic carbocycles. The largest absolute Gasteiger partial charge is 0.384 e. The molecule has 0 bridgehead atoms. The average molecular weight is 287 g/mol. The molecule has 0 amide bonds. The van der Waals surface area contributed by atoms with Crippen molar-refractivity contribution in [3.63, 3.8) is 0 Å². The third-order valence-electron chi connectivity index (χ3n) is 3.62. The number of benzene rings is 1. The van der Waals surface area contributed by atoms with Crippen LogP contribution in [-0.4, -0.2) is 36.1 Å². The molecule has 2 heterocycles. The second kappa shape index (κ2) is 5.55. The van der Waals surface area contributed by atoms with Gasteiger partial charge in [-0.15, -0.1) is 0 Å². The molecule has 0 aliphatic carbocycles. The molecule has 1 aliphatic heterocycles. The number of hydrogen-bond donors (Lipinski definition) is 1. The molecule has 3 rings (SSSR count). The van der Waals surface area contributed by atoms with E-state index in [4.69, 9.17) is 5.73 Å². The Balaban J connectivity index is 1.72. The summed E-state index contributed by atoms with van der Waals surface area (Å²) in [5.41, 5.74) is 7.28. The van der Waals surface area contributed by atoms with E-state index in [9.17, 15) is 4.39 Å². The first kappa shape index (κ1) is 13.6. The molecular weight excluding hydrogens is 269 g/mol. The molecule has 0 spiro atoms. The monoisotopic (exact) mass is 287 g/mol. The number of halogens is 1. The van der Waals surface area contributed by atoms with Gasteiger partial charge in [-0.25, -0.2) is 9.37 Å². The van der Waals surface area contributed by atoms with Crippen molar-refractivity contribution < 1.29 is 4.39 Å². The Morgan fingerprint density at radius 1 is 1.05 bits per heavy atom. The Labute approximate surface area is 123 Å². The fourth-order valence-electron chi connectivity index (χ4n) is 2.57. The number of aryl methyl sites for hydroxylation is 1. The van der Waals surface area contributed by atoms with E-state index < -0.39 is 0 Å². The molecule has 110 valence electrons. The summed E-state index contributed by atoms with van der Waals surface area (Å²) in [4.78, 5) is 12.8. The predicted molar refractivity (Wildman–Crippen MR) is 82.0 cm³/mol. The van der Waals surface area contributed by atoms with Gasteiger partial charge in [0.05, 0.1) is 5.69 Å². The van der Waals surface area contributed by atoms with Gasteiger partial charge in [-0.1, -0.05) is 12.1 Å². The number of hydrogen-bond acceptors (Lipinski definition) is 5. The number of piperazine rings is 1. The molecule has 1 fully saturated rings. The van der Waals surface area contributed by atoms with Crippen molar-refractivity contribution in [2.75, 3.05) is 41.7 Å². The van der Waals surface area contributed by atoms with Crippen LogP contribution >= 0.6 is 0 Å². The highest BCUT2D eigenvalue weighted by atomic mass is 19.1. The van der Waals surface area contributed by atoms with Crippen molar-refractivity contribution in [3.8, 4) is 0 Å². The van der Waals surface area contributed by atoms with Gasteiger partial charge in [-0.2, -0.15) is 4.98 Å². The number of nitrogens with zero attached hydrogens (tertiary/aromatic N) is 4. The maximum atomic E-state index is 13.8. The van der Waals surface area contributed by atoms with Gasteiger partial charge in [0.1, 0.15) is 11.6 Å². The number of aromatic nitrogens is 2. The molecule has 2 N–H and O–H groups in total. The van der Waals surface area contributed by atoms with Crippen LogP contribution in [0, 0.1) is 12.7 Å². The van der Waals surface area contributed by atoms with Gasteiger partial charge < -0.3 is 15.5 Å². The van der Waals surface area contributed by atoms with Gasteiger partial charge in [-0.05, 0) is 19.1 Å². The predicted octanol–water partition coefficient (Wildman–Crippen LogP) is 1.83. The molecule has 2 aromatic rings. The second-order valence-electron chi connectivity index (χ2n) is 5.16. The minimum atomic E-state index is -0.179. The Morgan fingerprint density at radius 2 is 1.71 bits per heavy atom. The van der Waals surface area contributed by atoms with E-state index in [-0.39, 0.29) is 5.82 Å². The molecule has 1 saturated heterocycles. The molecule has 0 radical (unpaired) electrons. The smallest absolute Gasteiger partial charge is 0.227 e. The molecule has 1 aliphatic rings. The zero-order chi connectivity index (χ0) is 14.8. The first-order chi connectivity index (χ1) is 10.1. The number of anilines is 3. The highest BCUT2D eigenvalue weighted by Gasteiger charge is 2.21. The highest BCUT2D eigenvalue weighted by molar-refractivity contribution is 5.50. The van der Waals surface area contributed by atoms with E-state index in [1.54, 1.807) is 12.1 Å². The molecular formula is C15H18FN5. The summed E-state index contributed by atoms with van der Waals surface area (Å²) >= 11 is 0. The summed E-state index contributed by atoms with van der Waals surface area (Å²) in [5.74, 6) is 0.955. The zero-order valence-corrected chi connectivity index (χ0v) is 12.0. The lowest BCUT2D eigenvalue weighted by Crippen LogP contribution is -2.47. The summed E-state index contributed by atoms with van der Waals surface area (Å²) in [6.07, 6.45) is 0. The lowest BCUT2D eigenvalue weighted by atomic mass is 10.2. The Bertz CT molecular complexity index is 617. The zero-order valence-electron chi connectivity index (χ0n) is 12.0. The number of nitrogens with two attached hydrogens (primary N) is 1. The fraction of sp³-hybridized carbons (Fsp3) is 0.333. The van der Waals surface area contributed by atoms with Crippen LogP contribution < -0.4 is 15.5 Å². The minimum Gasteiger partial charge on any atom is -0.384 e. The maximum absolute atomic E-state index is 13.8. The van der Waals surface area contributed by atoms with Gasteiger partial charge in [-0.3, -0.25) is 0 Å². The van der Waals surface area contributed by atoms with Crippen molar-refractivity contribution in [2.45, 2.75) is 6.92 Å². The molecule has 0 saturated carbocycles. The summed E-state index contributed by atoms with van der Waals surface area (Å²) in [6.45, 7) is 4.86. The van der Waals surface area contributed by atoms with E-state index in [0.717, 1.165) is 31.9 Å². The van der Waals surface area contributed by atoms with Crippen LogP contribution in [0.1, 0.15) is 5.69 Å². The van der Waals surface area contributed by atoms with Gasteiger partial charge in [0.25, 0.3) is 0 Å². The molecule has 21 heavy (non-hydrogen) atoms. The SMILES string of the molecule is Cc1cc(N)nc(N2CCN(c3ccccc3F)CC2)n1. The lowest BCUT2D eigenvalue weighted by molar-refractivity contribution is 0.594. The molecule has 1 aromatic heterocycles. The Morgan fingerprint density at radius 3 is 2.38 bits per heavy atom. The quantitative estimate of drug-likeness (QED) is 0.913. The van der Waals surface area contributed by atoms with Gasteiger partial charge >= 0.3 is 0 Å². The number of para-hydroxylation sites is 1. The fourth-order valence-corrected chi connectivity index (χ4v) is 2.57. The van der Waals surface area contributed by atoms with E-state index in [1.165, 1.54) is 6.07 Å². The maximum Gasteiger partial charge on any atom is 0.227 e. The van der Waals surface area contributed by atoms with Crippen LogP contribution in [0.3, 0.4) is 0 Å². The van der Waals surface area contributed by atoms with Crippen molar-refractivity contribution in [2.24, 2.45) is 0 Å². The molecule has 0 atom stereocenters. The summed E-state index contributed by atoms with van der Waals surface area (Å²) < 4.78 is 13.8. The van der Waals surface area contributed by atoms with Crippen molar-refractivity contribution in [3.05, 3.63) is 41.8 Å². The minimum absolute atomic E-state index is 0.179. The highest BCUT2D eigenvalue weighted by Crippen LogP contribution is 2.21. The average Bonchev–Trinajstić information content (AvgIpc) is 2.47. The lowest BCUT2D eigenvalue weighted by Gasteiger charge is -2.36. The molecule has 0 unspecified atom stereocenters. The van der Waals surface area contributed by atoms with Crippen molar-refractivity contribution in [1.29, 1.82) is 0 Å². The summed E-state index contributed by atoms with van der Waals surface area (Å²) in [5, 5.41) is 0.